The van der Waals surface area contributed by atoms with Crippen molar-refractivity contribution < 1.29 is 0 Å². The molecule has 0 amide bonds. The van der Waals surface area contributed by atoms with E-state index < -0.39 is 0 Å². The Labute approximate surface area is 137 Å². The molecule has 0 saturated heterocycles. The Balaban J connectivity index is 2.11. The van der Waals surface area contributed by atoms with Crippen molar-refractivity contribution in [1.82, 2.24) is 5.32 Å². The standard InChI is InChI=1S/C18H21Cl2N/c1-13(2)11-17(14-7-4-3-5-8-14)21-12-15-9-6-10-16(19)18(15)20/h3-10,13,17,21H,11-12H2,1-2H3. The van der Waals surface area contributed by atoms with Crippen LogP contribution in [0.15, 0.2) is 48.5 Å². The summed E-state index contributed by atoms with van der Waals surface area (Å²) < 4.78 is 0. The Bertz CT molecular complexity index is 567. The van der Waals surface area contributed by atoms with Crippen LogP contribution in [-0.2, 0) is 6.54 Å². The normalized spacial score (nSPS) is 12.6. The minimum Gasteiger partial charge on any atom is -0.306 e. The van der Waals surface area contributed by atoms with Crippen molar-refractivity contribution in [3.8, 4) is 0 Å². The van der Waals surface area contributed by atoms with Crippen LogP contribution in [0.5, 0.6) is 0 Å². The Morgan fingerprint density at radius 2 is 1.67 bits per heavy atom. The molecule has 0 saturated carbocycles. The predicted octanol–water partition coefficient (Wildman–Crippen LogP) is 5.87. The molecule has 0 aromatic heterocycles. The van der Waals surface area contributed by atoms with Gasteiger partial charge in [-0.25, -0.2) is 0 Å². The van der Waals surface area contributed by atoms with E-state index in [1.165, 1.54) is 5.56 Å². The number of nitrogens with one attached hydrogen (secondary N) is 1. The van der Waals surface area contributed by atoms with Crippen molar-refractivity contribution in [2.75, 3.05) is 0 Å². The highest BCUT2D eigenvalue weighted by Crippen LogP contribution is 2.27. The molecule has 0 fully saturated rings. The van der Waals surface area contributed by atoms with Crippen LogP contribution < -0.4 is 5.32 Å². The van der Waals surface area contributed by atoms with E-state index >= 15 is 0 Å². The topological polar surface area (TPSA) is 12.0 Å². The number of halogens is 2. The zero-order chi connectivity index (χ0) is 15.2. The Morgan fingerprint density at radius 1 is 0.952 bits per heavy atom. The minimum absolute atomic E-state index is 0.321. The molecular formula is C18H21Cl2N. The van der Waals surface area contributed by atoms with Crippen LogP contribution in [0.2, 0.25) is 10.0 Å². The second-order valence-electron chi connectivity index (χ2n) is 5.69. The van der Waals surface area contributed by atoms with Gasteiger partial charge in [0, 0.05) is 12.6 Å². The molecule has 0 bridgehead atoms. The van der Waals surface area contributed by atoms with Crippen LogP contribution in [-0.4, -0.2) is 0 Å². The van der Waals surface area contributed by atoms with Gasteiger partial charge in [-0.3, -0.25) is 0 Å². The van der Waals surface area contributed by atoms with Crippen molar-refractivity contribution in [3.63, 3.8) is 0 Å². The fraction of sp³-hybridized carbons (Fsp3) is 0.333. The summed E-state index contributed by atoms with van der Waals surface area (Å²) in [6.07, 6.45) is 1.09. The summed E-state index contributed by atoms with van der Waals surface area (Å²) in [4.78, 5) is 0. The third-order valence-electron chi connectivity index (χ3n) is 3.48. The molecule has 0 spiro atoms. The average Bonchev–Trinajstić information content (AvgIpc) is 2.48. The van der Waals surface area contributed by atoms with Crippen LogP contribution in [0.4, 0.5) is 0 Å². The van der Waals surface area contributed by atoms with Crippen molar-refractivity contribution >= 4 is 23.2 Å². The van der Waals surface area contributed by atoms with Crippen LogP contribution in [0.1, 0.15) is 37.4 Å². The van der Waals surface area contributed by atoms with Crippen molar-refractivity contribution in [1.29, 1.82) is 0 Å². The summed E-state index contributed by atoms with van der Waals surface area (Å²) in [7, 11) is 0. The van der Waals surface area contributed by atoms with Gasteiger partial charge in [0.05, 0.1) is 10.0 Å². The SMILES string of the molecule is CC(C)CC(NCc1cccc(Cl)c1Cl)c1ccccc1. The van der Waals surface area contributed by atoms with E-state index in [4.69, 9.17) is 23.2 Å². The molecule has 1 N–H and O–H groups in total. The molecule has 21 heavy (non-hydrogen) atoms. The maximum absolute atomic E-state index is 6.26. The predicted molar refractivity (Wildman–Crippen MR) is 91.9 cm³/mol. The van der Waals surface area contributed by atoms with E-state index in [0.29, 0.717) is 28.5 Å². The zero-order valence-corrected chi connectivity index (χ0v) is 14.0. The third kappa shape index (κ3) is 4.74. The van der Waals surface area contributed by atoms with Crippen molar-refractivity contribution in [3.05, 3.63) is 69.7 Å². The van der Waals surface area contributed by atoms with Crippen LogP contribution in [0.3, 0.4) is 0 Å². The molecule has 0 aliphatic carbocycles. The molecule has 0 aliphatic heterocycles. The van der Waals surface area contributed by atoms with Crippen LogP contribution in [0, 0.1) is 5.92 Å². The average molecular weight is 322 g/mol. The summed E-state index contributed by atoms with van der Waals surface area (Å²) in [6.45, 7) is 5.19. The van der Waals surface area contributed by atoms with Crippen molar-refractivity contribution in [2.24, 2.45) is 5.92 Å². The third-order valence-corrected chi connectivity index (χ3v) is 4.34. The highest BCUT2D eigenvalue weighted by molar-refractivity contribution is 6.42. The van der Waals surface area contributed by atoms with Gasteiger partial charge in [-0.05, 0) is 29.5 Å². The number of rotatable bonds is 6. The molecule has 2 aromatic carbocycles. The van der Waals surface area contributed by atoms with Gasteiger partial charge in [-0.15, -0.1) is 0 Å². The minimum atomic E-state index is 0.321. The van der Waals surface area contributed by atoms with Crippen LogP contribution in [0.25, 0.3) is 0 Å². The van der Waals surface area contributed by atoms with Crippen molar-refractivity contribution in [2.45, 2.75) is 32.9 Å². The Kier molecular flexibility index (Phi) is 6.10. The molecular weight excluding hydrogens is 301 g/mol. The number of hydrogen-bond acceptors (Lipinski definition) is 1. The first kappa shape index (κ1) is 16.4. The first-order valence-corrected chi connectivity index (χ1v) is 8.04. The van der Waals surface area contributed by atoms with Gasteiger partial charge in [-0.2, -0.15) is 0 Å². The van der Waals surface area contributed by atoms with Gasteiger partial charge in [0.1, 0.15) is 0 Å². The first-order chi connectivity index (χ1) is 10.1. The van der Waals surface area contributed by atoms with Gasteiger partial charge in [0.25, 0.3) is 0 Å². The van der Waals surface area contributed by atoms with E-state index in [2.05, 4.69) is 43.4 Å². The number of hydrogen-bond donors (Lipinski definition) is 1. The van der Waals surface area contributed by atoms with Gasteiger partial charge in [-0.1, -0.05) is 79.5 Å². The lowest BCUT2D eigenvalue weighted by atomic mass is 9.97. The fourth-order valence-electron chi connectivity index (χ4n) is 2.41. The molecule has 112 valence electrons. The number of benzene rings is 2. The first-order valence-electron chi connectivity index (χ1n) is 7.29. The summed E-state index contributed by atoms with van der Waals surface area (Å²) >= 11 is 12.3. The smallest absolute Gasteiger partial charge is 0.0637 e. The van der Waals surface area contributed by atoms with Gasteiger partial charge >= 0.3 is 0 Å². The highest BCUT2D eigenvalue weighted by atomic mass is 35.5. The largest absolute Gasteiger partial charge is 0.306 e. The maximum Gasteiger partial charge on any atom is 0.0637 e. The molecule has 1 atom stereocenters. The molecule has 1 unspecified atom stereocenters. The molecule has 0 radical (unpaired) electrons. The zero-order valence-electron chi connectivity index (χ0n) is 12.4. The summed E-state index contributed by atoms with van der Waals surface area (Å²) in [5.74, 6) is 0.623. The molecule has 0 heterocycles. The monoisotopic (exact) mass is 321 g/mol. The lowest BCUT2D eigenvalue weighted by Gasteiger charge is -2.21. The Hall–Kier alpha value is -1.02. The second-order valence-corrected chi connectivity index (χ2v) is 6.47. The Morgan fingerprint density at radius 3 is 2.33 bits per heavy atom. The molecule has 2 rings (SSSR count). The summed E-state index contributed by atoms with van der Waals surface area (Å²) in [5, 5.41) is 4.86. The summed E-state index contributed by atoms with van der Waals surface area (Å²) in [5.41, 5.74) is 2.35. The van der Waals surface area contributed by atoms with Crippen LogP contribution >= 0.6 is 23.2 Å². The van der Waals surface area contributed by atoms with Gasteiger partial charge < -0.3 is 5.32 Å². The lowest BCUT2D eigenvalue weighted by Crippen LogP contribution is -2.22. The second kappa shape index (κ2) is 7.84. The molecule has 1 nitrogen and oxygen atoms in total. The molecule has 3 heteroatoms. The quantitative estimate of drug-likeness (QED) is 0.701. The summed E-state index contributed by atoms with van der Waals surface area (Å²) in [6, 6.07) is 16.6. The van der Waals surface area contributed by atoms with E-state index in [1.807, 2.05) is 24.3 Å². The van der Waals surface area contributed by atoms with E-state index in [-0.39, 0.29) is 0 Å². The van der Waals surface area contributed by atoms with Gasteiger partial charge in [0.15, 0.2) is 0 Å². The van der Waals surface area contributed by atoms with E-state index in [1.54, 1.807) is 0 Å². The fourth-order valence-corrected chi connectivity index (χ4v) is 2.80. The molecule has 0 aliphatic rings. The van der Waals surface area contributed by atoms with E-state index in [0.717, 1.165) is 12.0 Å². The maximum atomic E-state index is 6.26. The highest BCUT2D eigenvalue weighted by Gasteiger charge is 2.13. The molecule has 2 aromatic rings. The van der Waals surface area contributed by atoms with E-state index in [9.17, 15) is 0 Å². The lowest BCUT2D eigenvalue weighted by molar-refractivity contribution is 0.428. The van der Waals surface area contributed by atoms with Gasteiger partial charge in [0.2, 0.25) is 0 Å².